The zero-order valence-corrected chi connectivity index (χ0v) is 10.9. The van der Waals surface area contributed by atoms with Crippen molar-refractivity contribution in [3.8, 4) is 0 Å². The van der Waals surface area contributed by atoms with Gasteiger partial charge in [0.2, 0.25) is 0 Å². The Labute approximate surface area is 107 Å². The maximum atomic E-state index is 11.9. The molecule has 1 unspecified atom stereocenters. The van der Waals surface area contributed by atoms with Gasteiger partial charge in [-0.2, -0.15) is 5.10 Å². The van der Waals surface area contributed by atoms with Gasteiger partial charge in [0.25, 0.3) is 5.56 Å². The molecule has 1 aromatic rings. The van der Waals surface area contributed by atoms with Gasteiger partial charge < -0.3 is 15.0 Å². The Kier molecular flexibility index (Phi) is 4.33. The Balaban J connectivity index is 2.07. The van der Waals surface area contributed by atoms with Gasteiger partial charge >= 0.3 is 0 Å². The highest BCUT2D eigenvalue weighted by Gasteiger charge is 2.15. The van der Waals surface area contributed by atoms with E-state index >= 15 is 0 Å². The van der Waals surface area contributed by atoms with Gasteiger partial charge in [0.1, 0.15) is 0 Å². The van der Waals surface area contributed by atoms with Crippen molar-refractivity contribution in [2.24, 2.45) is 0 Å². The lowest BCUT2D eigenvalue weighted by molar-refractivity contribution is 0.0153. The van der Waals surface area contributed by atoms with Crippen LogP contribution in [0.1, 0.15) is 6.92 Å². The maximum Gasteiger partial charge on any atom is 0.268 e. The van der Waals surface area contributed by atoms with E-state index in [1.165, 1.54) is 4.68 Å². The van der Waals surface area contributed by atoms with Crippen molar-refractivity contribution in [1.82, 2.24) is 15.1 Å². The number of hydrogen-bond acceptors (Lipinski definition) is 5. The molecule has 1 N–H and O–H groups in total. The minimum absolute atomic E-state index is 0.0266. The van der Waals surface area contributed by atoms with E-state index in [-0.39, 0.29) is 11.7 Å². The quantitative estimate of drug-likeness (QED) is 0.796. The molecule has 1 saturated heterocycles. The maximum absolute atomic E-state index is 11.9. The average Bonchev–Trinajstić information content (AvgIpc) is 2.41. The summed E-state index contributed by atoms with van der Waals surface area (Å²) < 4.78 is 7.03. The molecule has 6 nitrogen and oxygen atoms in total. The van der Waals surface area contributed by atoms with Crippen LogP contribution in [0.2, 0.25) is 0 Å². The molecule has 2 heterocycles. The van der Waals surface area contributed by atoms with E-state index in [9.17, 15) is 4.79 Å². The standard InChI is InChI=1S/C12H20N4O2/c1-3-15(2)10-6-12(17)16(14-7-10)9-11-8-13-4-5-18-11/h6-7,11,13H,3-5,8-9H2,1-2H3. The molecule has 6 heteroatoms. The highest BCUT2D eigenvalue weighted by Crippen LogP contribution is 2.06. The van der Waals surface area contributed by atoms with Gasteiger partial charge in [0.15, 0.2) is 0 Å². The van der Waals surface area contributed by atoms with E-state index in [1.807, 2.05) is 18.9 Å². The third-order valence-corrected chi connectivity index (χ3v) is 3.15. The van der Waals surface area contributed by atoms with Crippen molar-refractivity contribution in [2.45, 2.75) is 19.6 Å². The number of nitrogens with one attached hydrogen (secondary N) is 1. The summed E-state index contributed by atoms with van der Waals surface area (Å²) in [6, 6.07) is 1.62. The van der Waals surface area contributed by atoms with Crippen molar-refractivity contribution in [1.29, 1.82) is 0 Å². The van der Waals surface area contributed by atoms with Crippen LogP contribution in [0.4, 0.5) is 5.69 Å². The van der Waals surface area contributed by atoms with Crippen LogP contribution in [-0.2, 0) is 11.3 Å². The van der Waals surface area contributed by atoms with Crippen LogP contribution in [0.5, 0.6) is 0 Å². The number of anilines is 1. The smallest absolute Gasteiger partial charge is 0.268 e. The molecule has 0 saturated carbocycles. The van der Waals surface area contributed by atoms with Gasteiger partial charge in [0, 0.05) is 32.7 Å². The zero-order chi connectivity index (χ0) is 13.0. The molecule has 0 amide bonds. The first-order valence-electron chi connectivity index (χ1n) is 6.31. The number of nitrogens with zero attached hydrogens (tertiary/aromatic N) is 3. The summed E-state index contributed by atoms with van der Waals surface area (Å²) in [7, 11) is 1.94. The van der Waals surface area contributed by atoms with Crippen LogP contribution in [0.25, 0.3) is 0 Å². The lowest BCUT2D eigenvalue weighted by atomic mass is 10.3. The summed E-state index contributed by atoms with van der Waals surface area (Å²) in [5.74, 6) is 0. The number of hydrogen-bond donors (Lipinski definition) is 1. The summed E-state index contributed by atoms with van der Waals surface area (Å²) in [4.78, 5) is 13.9. The fourth-order valence-electron chi connectivity index (χ4n) is 1.88. The molecular weight excluding hydrogens is 232 g/mol. The van der Waals surface area contributed by atoms with Crippen LogP contribution in [0, 0.1) is 0 Å². The lowest BCUT2D eigenvalue weighted by Gasteiger charge is -2.24. The number of aromatic nitrogens is 2. The van der Waals surface area contributed by atoms with Gasteiger partial charge in [-0.05, 0) is 6.92 Å². The van der Waals surface area contributed by atoms with Crippen molar-refractivity contribution in [2.75, 3.05) is 38.2 Å². The summed E-state index contributed by atoms with van der Waals surface area (Å²) in [6.07, 6.45) is 1.75. The van der Waals surface area contributed by atoms with Gasteiger partial charge in [-0.15, -0.1) is 0 Å². The molecule has 1 aromatic heterocycles. The Morgan fingerprint density at radius 2 is 2.50 bits per heavy atom. The monoisotopic (exact) mass is 252 g/mol. The van der Waals surface area contributed by atoms with Crippen LogP contribution in [0.3, 0.4) is 0 Å². The van der Waals surface area contributed by atoms with E-state index < -0.39 is 0 Å². The van der Waals surface area contributed by atoms with Crippen LogP contribution in [0.15, 0.2) is 17.1 Å². The molecule has 2 rings (SSSR count). The highest BCUT2D eigenvalue weighted by molar-refractivity contribution is 5.41. The Bertz CT molecular complexity index is 440. The lowest BCUT2D eigenvalue weighted by Crippen LogP contribution is -2.42. The van der Waals surface area contributed by atoms with Crippen LogP contribution in [-0.4, -0.2) is 49.2 Å². The molecular formula is C12H20N4O2. The first kappa shape index (κ1) is 13.0. The summed E-state index contributed by atoms with van der Waals surface area (Å²) in [5, 5.41) is 7.43. The fraction of sp³-hybridized carbons (Fsp3) is 0.667. The van der Waals surface area contributed by atoms with Crippen molar-refractivity contribution >= 4 is 5.69 Å². The molecule has 100 valence electrons. The molecule has 0 aromatic carbocycles. The summed E-state index contributed by atoms with van der Waals surface area (Å²) in [6.45, 7) is 5.72. The number of rotatable bonds is 4. The second kappa shape index (κ2) is 5.97. The molecule has 1 aliphatic rings. The Morgan fingerprint density at radius 1 is 1.67 bits per heavy atom. The van der Waals surface area contributed by atoms with E-state index in [4.69, 9.17) is 4.74 Å². The number of morpholine rings is 1. The van der Waals surface area contributed by atoms with E-state index in [0.717, 1.165) is 25.3 Å². The molecule has 18 heavy (non-hydrogen) atoms. The topological polar surface area (TPSA) is 59.4 Å². The second-order valence-corrected chi connectivity index (χ2v) is 4.45. The van der Waals surface area contributed by atoms with E-state index in [2.05, 4.69) is 10.4 Å². The highest BCUT2D eigenvalue weighted by atomic mass is 16.5. The van der Waals surface area contributed by atoms with E-state index in [0.29, 0.717) is 13.2 Å². The first-order chi connectivity index (χ1) is 8.70. The van der Waals surface area contributed by atoms with Crippen LogP contribution < -0.4 is 15.8 Å². The summed E-state index contributed by atoms with van der Waals surface area (Å²) in [5.41, 5.74) is 0.767. The number of ether oxygens (including phenoxy) is 1. The molecule has 0 radical (unpaired) electrons. The normalized spacial score (nSPS) is 19.8. The molecule has 0 aliphatic carbocycles. The molecule has 1 atom stereocenters. The van der Waals surface area contributed by atoms with Crippen molar-refractivity contribution in [3.63, 3.8) is 0 Å². The Hall–Kier alpha value is -1.40. The minimum atomic E-state index is -0.0815. The van der Waals surface area contributed by atoms with Crippen LogP contribution >= 0.6 is 0 Å². The van der Waals surface area contributed by atoms with Crippen molar-refractivity contribution in [3.05, 3.63) is 22.6 Å². The molecule has 1 aliphatic heterocycles. The molecule has 0 spiro atoms. The van der Waals surface area contributed by atoms with Gasteiger partial charge in [-0.1, -0.05) is 0 Å². The predicted molar refractivity (Wildman–Crippen MR) is 70.1 cm³/mol. The second-order valence-electron chi connectivity index (χ2n) is 4.45. The van der Waals surface area contributed by atoms with E-state index in [1.54, 1.807) is 12.3 Å². The third-order valence-electron chi connectivity index (χ3n) is 3.15. The SMILES string of the molecule is CCN(C)c1cnn(CC2CNCCO2)c(=O)c1. The van der Waals surface area contributed by atoms with Gasteiger partial charge in [-0.3, -0.25) is 4.79 Å². The first-order valence-corrected chi connectivity index (χ1v) is 6.31. The van der Waals surface area contributed by atoms with Crippen molar-refractivity contribution < 1.29 is 4.74 Å². The predicted octanol–water partition coefficient (Wildman–Crippen LogP) is -0.312. The summed E-state index contributed by atoms with van der Waals surface area (Å²) >= 11 is 0. The molecule has 1 fully saturated rings. The fourth-order valence-corrected chi connectivity index (χ4v) is 1.88. The zero-order valence-electron chi connectivity index (χ0n) is 10.9. The third kappa shape index (κ3) is 3.08. The average molecular weight is 252 g/mol. The Morgan fingerprint density at radius 3 is 3.11 bits per heavy atom. The minimum Gasteiger partial charge on any atom is -0.374 e. The molecule has 0 bridgehead atoms. The largest absolute Gasteiger partial charge is 0.374 e. The van der Waals surface area contributed by atoms with Gasteiger partial charge in [-0.25, -0.2) is 4.68 Å². The van der Waals surface area contributed by atoms with Gasteiger partial charge in [0.05, 0.1) is 31.1 Å².